The highest BCUT2D eigenvalue weighted by Gasteiger charge is 2.31. The molecular formula is C26H26ClFN4O3S. The minimum atomic E-state index is -0.368. The zero-order chi connectivity index (χ0) is 25.6. The highest BCUT2D eigenvalue weighted by Crippen LogP contribution is 2.45. The minimum absolute atomic E-state index is 0.0721. The number of methoxy groups -OCH3 is 1. The zero-order valence-corrected chi connectivity index (χ0v) is 21.6. The molecule has 10 heteroatoms. The van der Waals surface area contributed by atoms with E-state index >= 15 is 0 Å². The largest absolute Gasteiger partial charge is 0.379 e. The van der Waals surface area contributed by atoms with Crippen molar-refractivity contribution in [2.45, 2.75) is 30.5 Å². The van der Waals surface area contributed by atoms with Crippen LogP contribution in [0.4, 0.5) is 10.2 Å². The summed E-state index contributed by atoms with van der Waals surface area (Å²) in [6.07, 6.45) is 1.13. The fraction of sp³-hybridized carbons (Fsp3) is 0.346. The van der Waals surface area contributed by atoms with Crippen LogP contribution in [0, 0.1) is 5.82 Å². The van der Waals surface area contributed by atoms with E-state index < -0.39 is 0 Å². The predicted molar refractivity (Wildman–Crippen MR) is 142 cm³/mol. The quantitative estimate of drug-likeness (QED) is 0.473. The number of aromatic nitrogens is 2. The second-order valence-corrected chi connectivity index (χ2v) is 10.4. The van der Waals surface area contributed by atoms with Crippen LogP contribution in [-0.2, 0) is 16.1 Å². The van der Waals surface area contributed by atoms with Crippen LogP contribution in [0.5, 0.6) is 0 Å². The van der Waals surface area contributed by atoms with Crippen molar-refractivity contribution >= 4 is 46.0 Å². The molecule has 3 heterocycles. The molecule has 2 atom stereocenters. The number of amides is 1. The van der Waals surface area contributed by atoms with Gasteiger partial charge >= 0.3 is 5.69 Å². The van der Waals surface area contributed by atoms with Crippen molar-refractivity contribution in [1.82, 2.24) is 14.5 Å². The molecule has 3 aromatic rings. The lowest BCUT2D eigenvalue weighted by atomic mass is 10.0. The fourth-order valence-corrected chi connectivity index (χ4v) is 6.64. The predicted octanol–water partition coefficient (Wildman–Crippen LogP) is 4.20. The number of carbonyl (C=O) groups is 1. The Balaban J connectivity index is 1.73. The third-order valence-electron chi connectivity index (χ3n) is 6.80. The molecule has 5 rings (SSSR count). The molecule has 0 unspecified atom stereocenters. The Bertz CT molecular complexity index is 1410. The van der Waals surface area contributed by atoms with Gasteiger partial charge in [-0.3, -0.25) is 9.36 Å². The van der Waals surface area contributed by atoms with Crippen molar-refractivity contribution in [2.75, 3.05) is 37.4 Å². The first kappa shape index (κ1) is 24.8. The molecular weight excluding hydrogens is 503 g/mol. The monoisotopic (exact) mass is 528 g/mol. The fourth-order valence-electron chi connectivity index (χ4n) is 4.95. The van der Waals surface area contributed by atoms with Crippen LogP contribution in [-0.4, -0.2) is 65.0 Å². The molecule has 0 saturated carbocycles. The Kier molecular flexibility index (Phi) is 6.80. The number of nitrogens with zero attached hydrogens (tertiary/aromatic N) is 4. The molecule has 188 valence electrons. The Morgan fingerprint density at radius 3 is 2.69 bits per heavy atom. The average Bonchev–Trinajstić information content (AvgIpc) is 3.07. The first-order chi connectivity index (χ1) is 17.3. The van der Waals surface area contributed by atoms with Gasteiger partial charge < -0.3 is 14.5 Å². The second-order valence-electron chi connectivity index (χ2n) is 8.99. The van der Waals surface area contributed by atoms with E-state index in [2.05, 4.69) is 16.5 Å². The smallest absolute Gasteiger partial charge is 0.350 e. The summed E-state index contributed by atoms with van der Waals surface area (Å²) in [4.78, 5) is 34.8. The van der Waals surface area contributed by atoms with Crippen molar-refractivity contribution in [3.63, 3.8) is 0 Å². The third kappa shape index (κ3) is 4.29. The molecule has 2 aromatic carbocycles. The van der Waals surface area contributed by atoms with E-state index in [0.29, 0.717) is 42.8 Å². The number of halogens is 2. The van der Waals surface area contributed by atoms with E-state index in [0.717, 1.165) is 26.9 Å². The van der Waals surface area contributed by atoms with E-state index in [1.807, 2.05) is 13.0 Å². The summed E-state index contributed by atoms with van der Waals surface area (Å²) in [5.41, 5.74) is 1.90. The Hall–Kier alpha value is -2.88. The van der Waals surface area contributed by atoms with Gasteiger partial charge in [-0.25, -0.2) is 9.18 Å². The van der Waals surface area contributed by atoms with Gasteiger partial charge in [0, 0.05) is 54.4 Å². The van der Waals surface area contributed by atoms with Crippen molar-refractivity contribution in [1.29, 1.82) is 0 Å². The van der Waals surface area contributed by atoms with Gasteiger partial charge in [0.2, 0.25) is 5.91 Å². The number of thioether (sulfide) groups is 1. The SMILES string of the molecule is C=CC(=O)N1CCN(c2nc(=O)n3c4c(c(-c5ccc(F)cc5)c(Cl)cc24)SC[C@@H](OC)C3)[C@@H](C)C1. The molecule has 36 heavy (non-hydrogen) atoms. The number of hydrogen-bond donors (Lipinski definition) is 0. The van der Waals surface area contributed by atoms with Crippen molar-refractivity contribution in [3.8, 4) is 11.1 Å². The van der Waals surface area contributed by atoms with E-state index in [1.165, 1.54) is 18.2 Å². The molecule has 1 saturated heterocycles. The third-order valence-corrected chi connectivity index (χ3v) is 8.32. The van der Waals surface area contributed by atoms with Gasteiger partial charge in [0.05, 0.1) is 23.2 Å². The van der Waals surface area contributed by atoms with Crippen molar-refractivity contribution in [2.24, 2.45) is 0 Å². The standard InChI is InChI=1S/C26H26ClFN4O3S/c1-4-21(33)30-9-10-31(15(2)12-30)25-19-11-20(27)22(16-5-7-17(28)8-6-16)24-23(19)32(26(34)29-25)13-18(35-3)14-36-24/h4-8,11,15,18H,1,9-10,12-14H2,2-3H3/t15-,18-/m0/s1. The van der Waals surface area contributed by atoms with Crippen LogP contribution < -0.4 is 10.6 Å². The maximum atomic E-state index is 13.7. The number of benzene rings is 2. The lowest BCUT2D eigenvalue weighted by Gasteiger charge is -2.40. The topological polar surface area (TPSA) is 67.7 Å². The second kappa shape index (κ2) is 9.88. The molecule has 1 aromatic heterocycles. The number of ether oxygens (including phenoxy) is 1. The number of piperazine rings is 1. The summed E-state index contributed by atoms with van der Waals surface area (Å²) < 4.78 is 21.0. The molecule has 0 N–H and O–H groups in total. The molecule has 1 amide bonds. The summed E-state index contributed by atoms with van der Waals surface area (Å²) in [7, 11) is 1.63. The van der Waals surface area contributed by atoms with Gasteiger partial charge in [-0.15, -0.1) is 11.8 Å². The molecule has 0 spiro atoms. The molecule has 0 radical (unpaired) electrons. The number of anilines is 1. The molecule has 0 bridgehead atoms. The average molecular weight is 529 g/mol. The normalized spacial score (nSPS) is 19.9. The molecule has 2 aliphatic rings. The number of carbonyl (C=O) groups excluding carboxylic acids is 1. The molecule has 7 nitrogen and oxygen atoms in total. The van der Waals surface area contributed by atoms with Crippen LogP contribution in [0.25, 0.3) is 22.0 Å². The van der Waals surface area contributed by atoms with Crippen LogP contribution in [0.15, 0.2) is 52.7 Å². The van der Waals surface area contributed by atoms with Crippen LogP contribution >= 0.6 is 23.4 Å². The molecule has 0 aliphatic carbocycles. The van der Waals surface area contributed by atoms with Crippen LogP contribution in [0.3, 0.4) is 0 Å². The maximum Gasteiger partial charge on any atom is 0.350 e. The Labute approximate surface area is 217 Å². The van der Waals surface area contributed by atoms with Crippen molar-refractivity contribution in [3.05, 3.63) is 64.3 Å². The first-order valence-electron chi connectivity index (χ1n) is 11.7. The summed E-state index contributed by atoms with van der Waals surface area (Å²) >= 11 is 8.47. The number of rotatable bonds is 4. The van der Waals surface area contributed by atoms with Crippen molar-refractivity contribution < 1.29 is 13.9 Å². The van der Waals surface area contributed by atoms with Gasteiger partial charge in [-0.2, -0.15) is 4.98 Å². The summed E-state index contributed by atoms with van der Waals surface area (Å²) in [5, 5.41) is 1.26. The molecule has 2 aliphatic heterocycles. The van der Waals surface area contributed by atoms with Gasteiger partial charge in [0.25, 0.3) is 0 Å². The van der Waals surface area contributed by atoms with E-state index in [1.54, 1.807) is 40.5 Å². The van der Waals surface area contributed by atoms with E-state index in [4.69, 9.17) is 16.3 Å². The highest BCUT2D eigenvalue weighted by atomic mass is 35.5. The van der Waals surface area contributed by atoms with Crippen LogP contribution in [0.1, 0.15) is 6.92 Å². The zero-order valence-electron chi connectivity index (χ0n) is 20.0. The lowest BCUT2D eigenvalue weighted by molar-refractivity contribution is -0.126. The minimum Gasteiger partial charge on any atom is -0.379 e. The van der Waals surface area contributed by atoms with Crippen LogP contribution in [0.2, 0.25) is 5.02 Å². The van der Waals surface area contributed by atoms with Gasteiger partial charge in [0.15, 0.2) is 0 Å². The number of hydrogen-bond acceptors (Lipinski definition) is 6. The van der Waals surface area contributed by atoms with Gasteiger partial charge in [-0.05, 0) is 36.8 Å². The van der Waals surface area contributed by atoms with Gasteiger partial charge in [0.1, 0.15) is 11.6 Å². The summed E-state index contributed by atoms with van der Waals surface area (Å²) in [6, 6.07) is 7.97. The maximum absolute atomic E-state index is 13.7. The Morgan fingerprint density at radius 1 is 1.28 bits per heavy atom. The van der Waals surface area contributed by atoms with Gasteiger partial charge in [-0.1, -0.05) is 30.3 Å². The van der Waals surface area contributed by atoms with E-state index in [9.17, 15) is 14.0 Å². The highest BCUT2D eigenvalue weighted by molar-refractivity contribution is 7.99. The van der Waals surface area contributed by atoms with E-state index in [-0.39, 0.29) is 29.6 Å². The lowest BCUT2D eigenvalue weighted by Crippen LogP contribution is -2.54. The summed E-state index contributed by atoms with van der Waals surface area (Å²) in [6.45, 7) is 7.46. The summed E-state index contributed by atoms with van der Waals surface area (Å²) in [5.74, 6) is 0.724. The molecule has 1 fully saturated rings. The first-order valence-corrected chi connectivity index (χ1v) is 13.0. The Morgan fingerprint density at radius 2 is 2.03 bits per heavy atom.